The molecule has 0 aromatic rings. The van der Waals surface area contributed by atoms with Gasteiger partial charge >= 0.3 is 0 Å². The van der Waals surface area contributed by atoms with Crippen molar-refractivity contribution in [2.45, 2.75) is 77.3 Å². The van der Waals surface area contributed by atoms with Gasteiger partial charge in [0.05, 0.1) is 12.1 Å². The van der Waals surface area contributed by atoms with Gasteiger partial charge < -0.3 is 0 Å². The summed E-state index contributed by atoms with van der Waals surface area (Å²) in [6.07, 6.45) is 4.44. The first-order valence-corrected chi connectivity index (χ1v) is 6.84. The summed E-state index contributed by atoms with van der Waals surface area (Å²) in [7, 11) is 0. The minimum absolute atomic E-state index is 0.637. The molecule has 0 bridgehead atoms. The zero-order chi connectivity index (χ0) is 14.1. The maximum atomic E-state index is 9.29. The van der Waals surface area contributed by atoms with E-state index in [0.717, 1.165) is 12.8 Å². The molecule has 0 N–H and O–H groups in total. The fraction of sp³-hybridized carbons (Fsp3) is 0.857. The molecule has 0 aromatic carbocycles. The second kappa shape index (κ2) is 7.82. The summed E-state index contributed by atoms with van der Waals surface area (Å²) in [6.45, 7) is 7.94. The molecular weight excluding hydrogens is 224 g/mol. The molecule has 0 spiro atoms. The van der Waals surface area contributed by atoms with Crippen LogP contribution in [0.3, 0.4) is 0 Å². The predicted octanol–water partition coefficient (Wildman–Crippen LogP) is 4.38. The molecule has 0 fully saturated rings. The molecule has 0 rings (SSSR count). The largest absolute Gasteiger partial charge is 0.196 e. The van der Waals surface area contributed by atoms with Crippen LogP contribution >= 0.6 is 0 Å². The first kappa shape index (κ1) is 16.6. The van der Waals surface area contributed by atoms with Crippen molar-refractivity contribution in [3.8, 4) is 12.1 Å². The van der Waals surface area contributed by atoms with Crippen LogP contribution in [0.5, 0.6) is 0 Å². The minimum Gasteiger partial charge on any atom is -0.196 e. The van der Waals surface area contributed by atoms with E-state index in [4.69, 9.17) is 0 Å². The van der Waals surface area contributed by atoms with Crippen molar-refractivity contribution in [2.75, 3.05) is 0 Å². The Morgan fingerprint density at radius 1 is 0.778 bits per heavy atom. The number of nitrogens with zero attached hydrogens (tertiary/aromatic N) is 4. The SMILES string of the molecule is CCCC(C#N)(CC)/N=N/C(C#N)(CC)CCC. The summed E-state index contributed by atoms with van der Waals surface area (Å²) < 4.78 is 0. The molecule has 0 aromatic heterocycles. The van der Waals surface area contributed by atoms with Crippen LogP contribution in [0.25, 0.3) is 0 Å². The molecule has 0 radical (unpaired) electrons. The fourth-order valence-corrected chi connectivity index (χ4v) is 1.93. The summed E-state index contributed by atoms with van der Waals surface area (Å²) in [6, 6.07) is 4.52. The van der Waals surface area contributed by atoms with Gasteiger partial charge in [-0.1, -0.05) is 40.5 Å². The first-order valence-electron chi connectivity index (χ1n) is 6.84. The Labute approximate surface area is 111 Å². The number of hydrogen-bond donors (Lipinski definition) is 0. The summed E-state index contributed by atoms with van der Waals surface area (Å²) in [5, 5.41) is 27.1. The van der Waals surface area contributed by atoms with Crippen molar-refractivity contribution < 1.29 is 0 Å². The highest BCUT2D eigenvalue weighted by Crippen LogP contribution is 2.27. The van der Waals surface area contributed by atoms with Gasteiger partial charge in [0.2, 0.25) is 0 Å². The van der Waals surface area contributed by atoms with Crippen LogP contribution in [-0.2, 0) is 0 Å². The van der Waals surface area contributed by atoms with Crippen LogP contribution in [0.15, 0.2) is 10.2 Å². The normalized spacial score (nSPS) is 17.7. The van der Waals surface area contributed by atoms with Crippen molar-refractivity contribution in [1.82, 2.24) is 0 Å². The Balaban J connectivity index is 5.17. The van der Waals surface area contributed by atoms with Gasteiger partial charge in [0.1, 0.15) is 0 Å². The van der Waals surface area contributed by atoms with E-state index in [1.807, 2.05) is 27.7 Å². The van der Waals surface area contributed by atoms with E-state index in [2.05, 4.69) is 22.4 Å². The Morgan fingerprint density at radius 2 is 1.11 bits per heavy atom. The quantitative estimate of drug-likeness (QED) is 0.598. The van der Waals surface area contributed by atoms with Gasteiger partial charge in [-0.2, -0.15) is 20.8 Å². The van der Waals surface area contributed by atoms with Gasteiger partial charge in [-0.3, -0.25) is 0 Å². The van der Waals surface area contributed by atoms with Crippen LogP contribution in [0.2, 0.25) is 0 Å². The van der Waals surface area contributed by atoms with Crippen molar-refractivity contribution in [3.63, 3.8) is 0 Å². The number of hydrogen-bond acceptors (Lipinski definition) is 4. The maximum absolute atomic E-state index is 9.29. The van der Waals surface area contributed by atoms with E-state index in [-0.39, 0.29) is 0 Å². The molecule has 100 valence electrons. The predicted molar refractivity (Wildman–Crippen MR) is 71.9 cm³/mol. The molecule has 0 saturated heterocycles. The zero-order valence-electron chi connectivity index (χ0n) is 12.0. The average Bonchev–Trinajstić information content (AvgIpc) is 2.42. The number of nitriles is 2. The van der Waals surface area contributed by atoms with E-state index >= 15 is 0 Å². The van der Waals surface area contributed by atoms with Crippen LogP contribution in [0, 0.1) is 22.7 Å². The Morgan fingerprint density at radius 3 is 1.28 bits per heavy atom. The molecule has 4 nitrogen and oxygen atoms in total. The van der Waals surface area contributed by atoms with Gasteiger partial charge in [-0.25, -0.2) is 0 Å². The summed E-state index contributed by atoms with van der Waals surface area (Å²) in [4.78, 5) is 0. The van der Waals surface area contributed by atoms with Crippen LogP contribution in [-0.4, -0.2) is 11.1 Å². The lowest BCUT2D eigenvalue weighted by atomic mass is 9.92. The molecule has 0 saturated carbocycles. The van der Waals surface area contributed by atoms with Crippen molar-refractivity contribution in [1.29, 1.82) is 10.5 Å². The molecule has 0 heterocycles. The summed E-state index contributed by atoms with van der Waals surface area (Å²) in [5.41, 5.74) is -1.50. The van der Waals surface area contributed by atoms with Crippen molar-refractivity contribution >= 4 is 0 Å². The second-order valence-electron chi connectivity index (χ2n) is 4.69. The molecule has 0 aliphatic carbocycles. The standard InChI is InChI=1S/C14H24N4/c1-5-9-13(7-3,11-15)17-18-14(8-4,12-16)10-6-2/h5-10H2,1-4H3/b18-17+. The van der Waals surface area contributed by atoms with Gasteiger partial charge in [0.15, 0.2) is 11.1 Å². The Bertz CT molecular complexity index is 316. The van der Waals surface area contributed by atoms with Crippen LogP contribution < -0.4 is 0 Å². The lowest BCUT2D eigenvalue weighted by Gasteiger charge is -2.22. The van der Waals surface area contributed by atoms with Gasteiger partial charge in [-0.15, -0.1) is 0 Å². The topological polar surface area (TPSA) is 72.3 Å². The third-order valence-electron chi connectivity index (χ3n) is 3.35. The van der Waals surface area contributed by atoms with E-state index < -0.39 is 11.1 Å². The van der Waals surface area contributed by atoms with E-state index in [1.54, 1.807) is 0 Å². The monoisotopic (exact) mass is 248 g/mol. The van der Waals surface area contributed by atoms with E-state index in [0.29, 0.717) is 25.7 Å². The zero-order valence-corrected chi connectivity index (χ0v) is 12.0. The molecule has 2 atom stereocenters. The molecule has 0 aliphatic rings. The van der Waals surface area contributed by atoms with Gasteiger partial charge in [-0.05, 0) is 25.7 Å². The minimum atomic E-state index is -0.750. The first-order chi connectivity index (χ1) is 8.57. The molecular formula is C14H24N4. The molecule has 0 aliphatic heterocycles. The highest BCUT2D eigenvalue weighted by atomic mass is 15.2. The molecule has 4 heteroatoms. The third kappa shape index (κ3) is 4.11. The van der Waals surface area contributed by atoms with Crippen molar-refractivity contribution in [3.05, 3.63) is 0 Å². The number of azo groups is 1. The maximum Gasteiger partial charge on any atom is 0.167 e. The van der Waals surface area contributed by atoms with Crippen LogP contribution in [0.1, 0.15) is 66.2 Å². The molecule has 2 unspecified atom stereocenters. The summed E-state index contributed by atoms with van der Waals surface area (Å²) >= 11 is 0. The van der Waals surface area contributed by atoms with E-state index in [9.17, 15) is 10.5 Å². The van der Waals surface area contributed by atoms with Gasteiger partial charge in [0.25, 0.3) is 0 Å². The lowest BCUT2D eigenvalue weighted by Crippen LogP contribution is -2.27. The molecule has 0 amide bonds. The lowest BCUT2D eigenvalue weighted by molar-refractivity contribution is 0.394. The van der Waals surface area contributed by atoms with Crippen LogP contribution in [0.4, 0.5) is 0 Å². The second-order valence-corrected chi connectivity index (χ2v) is 4.69. The fourth-order valence-electron chi connectivity index (χ4n) is 1.93. The van der Waals surface area contributed by atoms with Crippen molar-refractivity contribution in [2.24, 2.45) is 10.2 Å². The average molecular weight is 248 g/mol. The third-order valence-corrected chi connectivity index (χ3v) is 3.35. The Hall–Kier alpha value is -1.42. The van der Waals surface area contributed by atoms with Gasteiger partial charge in [0, 0.05) is 0 Å². The smallest absolute Gasteiger partial charge is 0.167 e. The number of rotatable bonds is 8. The highest BCUT2D eigenvalue weighted by molar-refractivity contribution is 5.09. The highest BCUT2D eigenvalue weighted by Gasteiger charge is 2.31. The molecule has 18 heavy (non-hydrogen) atoms. The van der Waals surface area contributed by atoms with E-state index in [1.165, 1.54) is 0 Å². The Kier molecular flexibility index (Phi) is 7.20. The summed E-state index contributed by atoms with van der Waals surface area (Å²) in [5.74, 6) is 0.